The van der Waals surface area contributed by atoms with Gasteiger partial charge in [-0.05, 0) is 23.9 Å². The summed E-state index contributed by atoms with van der Waals surface area (Å²) in [6.07, 6.45) is 0. The number of rotatable bonds is 2. The summed E-state index contributed by atoms with van der Waals surface area (Å²) in [5.74, 6) is 0.491. The van der Waals surface area contributed by atoms with E-state index in [1.54, 1.807) is 18.4 Å². The molecule has 0 radical (unpaired) electrons. The van der Waals surface area contributed by atoms with E-state index in [4.69, 9.17) is 11.1 Å². The number of nitrogens with zero attached hydrogens (tertiary/aromatic N) is 2. The fraction of sp³-hybridized carbons (Fsp3) is 0.400. The first-order valence-corrected chi connectivity index (χ1v) is 5.74. The first-order valence-electron chi connectivity index (χ1n) is 4.86. The van der Waals surface area contributed by atoms with Crippen LogP contribution in [0.2, 0.25) is 0 Å². The Bertz CT molecular complexity index is 396. The molecule has 0 saturated carbocycles. The van der Waals surface area contributed by atoms with Crippen molar-refractivity contribution in [2.45, 2.75) is 13.5 Å². The van der Waals surface area contributed by atoms with Crippen molar-refractivity contribution in [3.8, 4) is 0 Å². The molecule has 0 saturated heterocycles. The maximum Gasteiger partial charge on any atom is 0.200 e. The van der Waals surface area contributed by atoms with Crippen LogP contribution in [0, 0.1) is 12.3 Å². The standard InChI is InChI=1S/C10H17N5S/c1-7-4-8(6-16-7)5-15(3)10(13-2)14-9(11)12/h4,6H,5H2,1-3H3,(H4,11,12,13,14). The molecule has 0 aliphatic heterocycles. The Labute approximate surface area is 99.5 Å². The van der Waals surface area contributed by atoms with E-state index in [0.717, 1.165) is 6.54 Å². The fourth-order valence-electron chi connectivity index (χ4n) is 1.37. The van der Waals surface area contributed by atoms with Crippen LogP contribution in [-0.2, 0) is 6.54 Å². The third-order valence-corrected chi connectivity index (χ3v) is 2.93. The summed E-state index contributed by atoms with van der Waals surface area (Å²) in [6.45, 7) is 2.83. The zero-order valence-electron chi connectivity index (χ0n) is 9.74. The fourth-order valence-corrected chi connectivity index (χ4v) is 2.07. The van der Waals surface area contributed by atoms with Crippen LogP contribution in [0.5, 0.6) is 0 Å². The van der Waals surface area contributed by atoms with E-state index in [9.17, 15) is 0 Å². The van der Waals surface area contributed by atoms with Gasteiger partial charge >= 0.3 is 0 Å². The molecule has 0 spiro atoms. The third-order valence-electron chi connectivity index (χ3n) is 2.02. The summed E-state index contributed by atoms with van der Waals surface area (Å²) in [5, 5.41) is 12.0. The van der Waals surface area contributed by atoms with Gasteiger partial charge in [-0.1, -0.05) is 0 Å². The predicted octanol–water partition coefficient (Wildman–Crippen LogP) is 0.957. The average Bonchev–Trinajstić information content (AvgIpc) is 2.60. The normalized spacial score (nSPS) is 11.3. The van der Waals surface area contributed by atoms with Gasteiger partial charge < -0.3 is 10.6 Å². The second-order valence-electron chi connectivity index (χ2n) is 3.51. The van der Waals surface area contributed by atoms with Crippen LogP contribution in [0.4, 0.5) is 0 Å². The molecule has 0 aliphatic rings. The van der Waals surface area contributed by atoms with Crippen molar-refractivity contribution in [3.05, 3.63) is 21.9 Å². The highest BCUT2D eigenvalue weighted by Gasteiger charge is 2.07. The Morgan fingerprint density at radius 3 is 2.81 bits per heavy atom. The molecule has 6 heteroatoms. The smallest absolute Gasteiger partial charge is 0.200 e. The van der Waals surface area contributed by atoms with E-state index in [1.807, 2.05) is 11.9 Å². The molecule has 4 N–H and O–H groups in total. The van der Waals surface area contributed by atoms with E-state index >= 15 is 0 Å². The van der Waals surface area contributed by atoms with E-state index in [-0.39, 0.29) is 5.96 Å². The lowest BCUT2D eigenvalue weighted by molar-refractivity contribution is 0.488. The quantitative estimate of drug-likeness (QED) is 0.531. The lowest BCUT2D eigenvalue weighted by Crippen LogP contribution is -2.44. The SMILES string of the molecule is C/N=C(\NC(=N)N)N(C)Cc1csc(C)c1. The summed E-state index contributed by atoms with van der Waals surface area (Å²) in [6, 6.07) is 2.14. The van der Waals surface area contributed by atoms with Crippen molar-refractivity contribution in [1.82, 2.24) is 10.2 Å². The summed E-state index contributed by atoms with van der Waals surface area (Å²) < 4.78 is 0. The van der Waals surface area contributed by atoms with Gasteiger partial charge in [-0.2, -0.15) is 0 Å². The highest BCUT2D eigenvalue weighted by molar-refractivity contribution is 7.10. The number of aryl methyl sites for hydroxylation is 1. The van der Waals surface area contributed by atoms with Gasteiger partial charge in [0.25, 0.3) is 0 Å². The maximum atomic E-state index is 7.17. The van der Waals surface area contributed by atoms with Gasteiger partial charge in [-0.25, -0.2) is 0 Å². The van der Waals surface area contributed by atoms with Crippen LogP contribution in [0.3, 0.4) is 0 Å². The van der Waals surface area contributed by atoms with Gasteiger partial charge in [0.05, 0.1) is 0 Å². The molecule has 0 aliphatic carbocycles. The average molecular weight is 239 g/mol. The van der Waals surface area contributed by atoms with Gasteiger partial charge in [0.1, 0.15) is 0 Å². The summed E-state index contributed by atoms with van der Waals surface area (Å²) in [7, 11) is 3.58. The molecule has 1 aromatic heterocycles. The molecule has 1 rings (SSSR count). The Morgan fingerprint density at radius 1 is 1.69 bits per heavy atom. The number of nitrogens with two attached hydrogens (primary N) is 1. The van der Waals surface area contributed by atoms with Gasteiger partial charge in [0.15, 0.2) is 5.96 Å². The topological polar surface area (TPSA) is 77.5 Å². The zero-order chi connectivity index (χ0) is 12.1. The van der Waals surface area contributed by atoms with Crippen molar-refractivity contribution in [2.75, 3.05) is 14.1 Å². The van der Waals surface area contributed by atoms with Gasteiger partial charge in [0.2, 0.25) is 5.96 Å². The second-order valence-corrected chi connectivity index (χ2v) is 4.62. The second kappa shape index (κ2) is 5.50. The summed E-state index contributed by atoms with van der Waals surface area (Å²) >= 11 is 1.73. The Balaban J connectivity index is 2.63. The molecule has 88 valence electrons. The third kappa shape index (κ3) is 3.54. The van der Waals surface area contributed by atoms with Crippen LogP contribution in [-0.4, -0.2) is 30.9 Å². The minimum atomic E-state index is -0.103. The monoisotopic (exact) mass is 239 g/mol. The molecule has 0 aromatic carbocycles. The van der Waals surface area contributed by atoms with E-state index in [2.05, 4.69) is 28.7 Å². The van der Waals surface area contributed by atoms with Gasteiger partial charge in [-0.15, -0.1) is 11.3 Å². The highest BCUT2D eigenvalue weighted by atomic mass is 32.1. The number of nitrogens with one attached hydrogen (secondary N) is 2. The minimum Gasteiger partial charge on any atom is -0.370 e. The molecule has 0 fully saturated rings. The number of thiophene rings is 1. The summed E-state index contributed by atoms with van der Waals surface area (Å²) in [4.78, 5) is 7.25. The Kier molecular flexibility index (Phi) is 4.30. The molecule has 5 nitrogen and oxygen atoms in total. The number of hydrogen-bond donors (Lipinski definition) is 3. The summed E-state index contributed by atoms with van der Waals surface area (Å²) in [5.41, 5.74) is 6.50. The lowest BCUT2D eigenvalue weighted by Gasteiger charge is -2.20. The number of aliphatic imine (C=N–C) groups is 1. The molecular weight excluding hydrogens is 222 g/mol. The van der Waals surface area contributed by atoms with E-state index < -0.39 is 0 Å². The largest absolute Gasteiger partial charge is 0.370 e. The van der Waals surface area contributed by atoms with Crippen LogP contribution in [0.1, 0.15) is 10.4 Å². The minimum absolute atomic E-state index is 0.103. The number of hydrogen-bond acceptors (Lipinski definition) is 3. The van der Waals surface area contributed by atoms with Crippen molar-refractivity contribution < 1.29 is 0 Å². The molecule has 1 heterocycles. The van der Waals surface area contributed by atoms with Crippen LogP contribution in [0.15, 0.2) is 16.4 Å². The predicted molar refractivity (Wildman–Crippen MR) is 68.9 cm³/mol. The molecule has 16 heavy (non-hydrogen) atoms. The van der Waals surface area contributed by atoms with Crippen molar-refractivity contribution in [1.29, 1.82) is 5.41 Å². The van der Waals surface area contributed by atoms with Gasteiger partial charge in [0, 0.05) is 25.5 Å². The highest BCUT2D eigenvalue weighted by Crippen LogP contribution is 2.14. The molecule has 0 amide bonds. The van der Waals surface area contributed by atoms with Crippen molar-refractivity contribution in [3.63, 3.8) is 0 Å². The molecule has 1 aromatic rings. The van der Waals surface area contributed by atoms with E-state index in [0.29, 0.717) is 5.96 Å². The zero-order valence-corrected chi connectivity index (χ0v) is 10.6. The van der Waals surface area contributed by atoms with Gasteiger partial charge in [-0.3, -0.25) is 15.7 Å². The number of guanidine groups is 2. The Morgan fingerprint density at radius 2 is 2.38 bits per heavy atom. The molecule has 0 bridgehead atoms. The van der Waals surface area contributed by atoms with Crippen LogP contribution < -0.4 is 11.1 Å². The first-order chi connectivity index (χ1) is 7.52. The Hall–Kier alpha value is -1.56. The molecule has 0 unspecified atom stereocenters. The van der Waals surface area contributed by atoms with Crippen LogP contribution >= 0.6 is 11.3 Å². The maximum absolute atomic E-state index is 7.17. The van der Waals surface area contributed by atoms with Crippen molar-refractivity contribution in [2.24, 2.45) is 10.7 Å². The lowest BCUT2D eigenvalue weighted by atomic mass is 10.3. The van der Waals surface area contributed by atoms with Crippen LogP contribution in [0.25, 0.3) is 0 Å². The molecular formula is C10H17N5S. The molecule has 0 atom stereocenters. The van der Waals surface area contributed by atoms with E-state index in [1.165, 1.54) is 10.4 Å². The van der Waals surface area contributed by atoms with Crippen molar-refractivity contribution >= 4 is 23.3 Å². The first kappa shape index (κ1) is 12.5.